The number of nitrogens with zero attached hydrogens (tertiary/aromatic N) is 3. The van der Waals surface area contributed by atoms with Gasteiger partial charge in [-0.3, -0.25) is 4.79 Å². The highest BCUT2D eigenvalue weighted by Crippen LogP contribution is 2.37. The van der Waals surface area contributed by atoms with Crippen molar-refractivity contribution < 1.29 is 14.3 Å². The molecule has 6 nitrogen and oxygen atoms in total. The predicted molar refractivity (Wildman–Crippen MR) is 82.9 cm³/mol. The second-order valence-electron chi connectivity index (χ2n) is 7.04. The Morgan fingerprint density at radius 1 is 1.39 bits per heavy atom. The van der Waals surface area contributed by atoms with Crippen molar-refractivity contribution in [3.8, 4) is 6.01 Å². The average molecular weight is 317 g/mol. The molecule has 0 N–H and O–H groups in total. The van der Waals surface area contributed by atoms with Gasteiger partial charge in [0.1, 0.15) is 6.10 Å². The number of amides is 1. The van der Waals surface area contributed by atoms with Crippen molar-refractivity contribution in [3.63, 3.8) is 0 Å². The summed E-state index contributed by atoms with van der Waals surface area (Å²) >= 11 is 0. The second kappa shape index (κ2) is 6.07. The first-order valence-corrected chi connectivity index (χ1v) is 8.58. The van der Waals surface area contributed by atoms with Crippen LogP contribution < -0.4 is 4.74 Å². The quantitative estimate of drug-likeness (QED) is 0.847. The molecule has 3 fully saturated rings. The molecule has 0 radical (unpaired) electrons. The molecule has 0 aromatic carbocycles. The molecule has 1 saturated carbocycles. The molecule has 3 aliphatic rings. The Morgan fingerprint density at radius 2 is 2.22 bits per heavy atom. The zero-order valence-electron chi connectivity index (χ0n) is 13.3. The molecular formula is C17H23N3O3. The zero-order chi connectivity index (χ0) is 15.7. The number of rotatable bonds is 4. The van der Waals surface area contributed by atoms with Gasteiger partial charge >= 0.3 is 6.01 Å². The van der Waals surface area contributed by atoms with Gasteiger partial charge in [0.05, 0.1) is 12.2 Å². The number of aromatic nitrogens is 2. The molecule has 1 aromatic rings. The van der Waals surface area contributed by atoms with E-state index in [1.807, 2.05) is 4.90 Å². The molecule has 2 atom stereocenters. The second-order valence-corrected chi connectivity index (χ2v) is 7.04. The highest BCUT2D eigenvalue weighted by Gasteiger charge is 2.45. The van der Waals surface area contributed by atoms with Crippen LogP contribution in [-0.2, 0) is 9.53 Å². The molecule has 2 aliphatic heterocycles. The molecular weight excluding hydrogens is 294 g/mol. The van der Waals surface area contributed by atoms with Crippen molar-refractivity contribution in [1.82, 2.24) is 14.9 Å². The number of hydrogen-bond donors (Lipinski definition) is 0. The van der Waals surface area contributed by atoms with Crippen LogP contribution in [0.5, 0.6) is 6.01 Å². The van der Waals surface area contributed by atoms with Crippen molar-refractivity contribution in [3.05, 3.63) is 18.5 Å². The van der Waals surface area contributed by atoms with Crippen molar-refractivity contribution in [1.29, 1.82) is 0 Å². The maximum absolute atomic E-state index is 12.4. The summed E-state index contributed by atoms with van der Waals surface area (Å²) in [6, 6.07) is 2.17. The normalized spacial score (nSPS) is 30.6. The lowest BCUT2D eigenvalue weighted by molar-refractivity contribution is -0.139. The van der Waals surface area contributed by atoms with Crippen LogP contribution in [0.4, 0.5) is 0 Å². The average Bonchev–Trinajstić information content (AvgIpc) is 3.31. The summed E-state index contributed by atoms with van der Waals surface area (Å²) in [6.07, 6.45) is 9.27. The Labute approximate surface area is 136 Å². The van der Waals surface area contributed by atoms with E-state index in [0.29, 0.717) is 37.4 Å². The van der Waals surface area contributed by atoms with Gasteiger partial charge < -0.3 is 14.4 Å². The third-order valence-corrected chi connectivity index (χ3v) is 5.04. The molecule has 0 unspecified atom stereocenters. The fourth-order valence-electron chi connectivity index (χ4n) is 3.67. The maximum atomic E-state index is 12.4. The Bertz CT molecular complexity index is 563. The topological polar surface area (TPSA) is 64.6 Å². The van der Waals surface area contributed by atoms with Crippen LogP contribution in [0.1, 0.15) is 38.5 Å². The lowest BCUT2D eigenvalue weighted by Crippen LogP contribution is -2.50. The number of piperidine rings is 1. The summed E-state index contributed by atoms with van der Waals surface area (Å²) in [5, 5.41) is 0. The molecule has 3 heterocycles. The lowest BCUT2D eigenvalue weighted by Gasteiger charge is -2.39. The molecule has 1 aliphatic carbocycles. The monoisotopic (exact) mass is 317 g/mol. The SMILES string of the molecule is O=C(CC1CC1)N1CCC[C@]2(C[C@H](Oc3ncccn3)CO2)C1. The minimum Gasteiger partial charge on any atom is -0.458 e. The van der Waals surface area contributed by atoms with Crippen molar-refractivity contribution in [2.24, 2.45) is 5.92 Å². The smallest absolute Gasteiger partial charge is 0.316 e. The Balaban J connectivity index is 1.35. The van der Waals surface area contributed by atoms with Gasteiger partial charge in [-0.05, 0) is 37.7 Å². The number of likely N-dealkylation sites (tertiary alicyclic amines) is 1. The summed E-state index contributed by atoms with van der Waals surface area (Å²) in [5.41, 5.74) is -0.239. The summed E-state index contributed by atoms with van der Waals surface area (Å²) in [5.74, 6) is 0.933. The minimum atomic E-state index is -0.239. The maximum Gasteiger partial charge on any atom is 0.316 e. The molecule has 23 heavy (non-hydrogen) atoms. The van der Waals surface area contributed by atoms with E-state index in [1.165, 1.54) is 12.8 Å². The molecule has 6 heteroatoms. The fourth-order valence-corrected chi connectivity index (χ4v) is 3.67. The third kappa shape index (κ3) is 3.47. The molecule has 124 valence electrons. The fraction of sp³-hybridized carbons (Fsp3) is 0.706. The molecule has 0 bridgehead atoms. The number of carbonyl (C=O) groups is 1. The highest BCUT2D eigenvalue weighted by atomic mass is 16.6. The number of carbonyl (C=O) groups excluding carboxylic acids is 1. The minimum absolute atomic E-state index is 0.0316. The van der Waals surface area contributed by atoms with Gasteiger partial charge in [-0.15, -0.1) is 0 Å². The van der Waals surface area contributed by atoms with Crippen LogP contribution in [0.25, 0.3) is 0 Å². The number of hydrogen-bond acceptors (Lipinski definition) is 5. The standard InChI is InChI=1S/C17H23N3O3/c21-15(9-13-3-4-13)20-8-1-5-17(12-20)10-14(11-22-17)23-16-18-6-2-7-19-16/h2,6-7,13-14H,1,3-5,8-12H2/t14-,17-/m0/s1. The highest BCUT2D eigenvalue weighted by molar-refractivity contribution is 5.77. The summed E-state index contributed by atoms with van der Waals surface area (Å²) in [4.78, 5) is 22.6. The first-order chi connectivity index (χ1) is 11.2. The third-order valence-electron chi connectivity index (χ3n) is 5.04. The van der Waals surface area contributed by atoms with Crippen LogP contribution in [0.15, 0.2) is 18.5 Å². The van der Waals surface area contributed by atoms with E-state index in [4.69, 9.17) is 9.47 Å². The first kappa shape index (κ1) is 14.9. The summed E-state index contributed by atoms with van der Waals surface area (Å²) in [7, 11) is 0. The Kier molecular flexibility index (Phi) is 3.93. The first-order valence-electron chi connectivity index (χ1n) is 8.58. The zero-order valence-corrected chi connectivity index (χ0v) is 13.3. The van der Waals surface area contributed by atoms with Gasteiger partial charge in [0.25, 0.3) is 0 Å². The van der Waals surface area contributed by atoms with E-state index in [9.17, 15) is 4.79 Å². The van der Waals surface area contributed by atoms with Gasteiger partial charge in [0.15, 0.2) is 0 Å². The predicted octanol–water partition coefficient (Wildman–Crippen LogP) is 1.81. The van der Waals surface area contributed by atoms with Gasteiger partial charge in [-0.2, -0.15) is 0 Å². The van der Waals surface area contributed by atoms with Crippen LogP contribution in [0, 0.1) is 5.92 Å². The van der Waals surface area contributed by atoms with Gasteiger partial charge in [-0.1, -0.05) is 0 Å². The van der Waals surface area contributed by atoms with Gasteiger partial charge in [-0.25, -0.2) is 9.97 Å². The van der Waals surface area contributed by atoms with Crippen LogP contribution in [0.2, 0.25) is 0 Å². The van der Waals surface area contributed by atoms with Crippen LogP contribution >= 0.6 is 0 Å². The summed E-state index contributed by atoms with van der Waals surface area (Å²) < 4.78 is 11.9. The molecule has 1 aromatic heterocycles. The van der Waals surface area contributed by atoms with Gasteiger partial charge in [0, 0.05) is 38.3 Å². The van der Waals surface area contributed by atoms with E-state index in [1.54, 1.807) is 18.5 Å². The number of ether oxygens (including phenoxy) is 2. The van der Waals surface area contributed by atoms with Crippen LogP contribution in [-0.4, -0.2) is 52.2 Å². The Morgan fingerprint density at radius 3 is 3.00 bits per heavy atom. The Hall–Kier alpha value is -1.69. The van der Waals surface area contributed by atoms with E-state index >= 15 is 0 Å². The van der Waals surface area contributed by atoms with E-state index in [0.717, 1.165) is 25.8 Å². The largest absolute Gasteiger partial charge is 0.458 e. The molecule has 1 spiro atoms. The summed E-state index contributed by atoms with van der Waals surface area (Å²) in [6.45, 7) is 2.11. The van der Waals surface area contributed by atoms with Crippen molar-refractivity contribution in [2.45, 2.75) is 50.2 Å². The molecule has 2 saturated heterocycles. The molecule has 1 amide bonds. The lowest BCUT2D eigenvalue weighted by atomic mass is 9.89. The van der Waals surface area contributed by atoms with Crippen LogP contribution in [0.3, 0.4) is 0 Å². The van der Waals surface area contributed by atoms with Crippen molar-refractivity contribution in [2.75, 3.05) is 19.7 Å². The molecule has 4 rings (SSSR count). The van der Waals surface area contributed by atoms with E-state index in [2.05, 4.69) is 9.97 Å². The van der Waals surface area contributed by atoms with Gasteiger partial charge in [0.2, 0.25) is 5.91 Å². The van der Waals surface area contributed by atoms with E-state index in [-0.39, 0.29) is 11.7 Å². The van der Waals surface area contributed by atoms with Crippen molar-refractivity contribution >= 4 is 5.91 Å². The van der Waals surface area contributed by atoms with E-state index < -0.39 is 0 Å².